The summed E-state index contributed by atoms with van der Waals surface area (Å²) in [6.45, 7) is 3.02. The summed E-state index contributed by atoms with van der Waals surface area (Å²) in [5, 5.41) is 13.4. The monoisotopic (exact) mass is 381 g/mol. The van der Waals surface area contributed by atoms with Gasteiger partial charge in [-0.1, -0.05) is 24.9 Å². The molecule has 0 radical (unpaired) electrons. The molecular formula is C18H24ClN3O4. The zero-order valence-corrected chi connectivity index (χ0v) is 15.6. The molecule has 26 heavy (non-hydrogen) atoms. The zero-order chi connectivity index (χ0) is 18.6. The molecule has 2 heterocycles. The number of hydrogen-bond donors (Lipinski definition) is 1. The number of halogens is 1. The van der Waals surface area contributed by atoms with Crippen LogP contribution in [0, 0.1) is 11.8 Å². The van der Waals surface area contributed by atoms with Crippen LogP contribution in [0.25, 0.3) is 0 Å². The van der Waals surface area contributed by atoms with Gasteiger partial charge in [0.25, 0.3) is 0 Å². The molecule has 0 aromatic carbocycles. The van der Waals surface area contributed by atoms with Crippen molar-refractivity contribution in [2.24, 2.45) is 17.0 Å². The number of carbonyl (C=O) groups is 1. The molecule has 0 amide bonds. The minimum atomic E-state index is -0.782. The number of rotatable bonds is 6. The van der Waals surface area contributed by atoms with Crippen LogP contribution in [-0.4, -0.2) is 45.7 Å². The van der Waals surface area contributed by atoms with Crippen molar-refractivity contribution in [3.8, 4) is 0 Å². The van der Waals surface area contributed by atoms with Crippen LogP contribution in [0.2, 0.25) is 5.28 Å². The average molecular weight is 382 g/mol. The van der Waals surface area contributed by atoms with E-state index in [0.717, 1.165) is 32.1 Å². The van der Waals surface area contributed by atoms with Crippen molar-refractivity contribution in [2.45, 2.75) is 51.2 Å². The smallest absolute Gasteiger partial charge is 0.222 e. The second-order valence-corrected chi connectivity index (χ2v) is 7.09. The number of Topliss-reactive ketones (excluding diaryl/α,β-unsaturated/α-hetero) is 1. The van der Waals surface area contributed by atoms with Gasteiger partial charge in [-0.05, 0) is 36.9 Å². The first-order valence-electron chi connectivity index (χ1n) is 9.14. The van der Waals surface area contributed by atoms with Crippen molar-refractivity contribution in [1.29, 1.82) is 0 Å². The third-order valence-electron chi connectivity index (χ3n) is 5.18. The molecular weight excluding hydrogens is 358 g/mol. The first-order valence-corrected chi connectivity index (χ1v) is 9.51. The molecule has 1 saturated heterocycles. The molecule has 1 spiro atoms. The molecule has 1 N–H and O–H groups in total. The fraction of sp³-hybridized carbons (Fsp3) is 0.667. The molecule has 7 nitrogen and oxygen atoms in total. The third kappa shape index (κ3) is 3.75. The molecule has 142 valence electrons. The Hall–Kier alpha value is -1.57. The van der Waals surface area contributed by atoms with E-state index in [4.69, 9.17) is 21.1 Å². The maximum Gasteiger partial charge on any atom is 0.222 e. The Bertz CT molecular complexity index is 676. The van der Waals surface area contributed by atoms with Crippen molar-refractivity contribution < 1.29 is 19.5 Å². The summed E-state index contributed by atoms with van der Waals surface area (Å²) in [5.41, 5.74) is 0.649. The first kappa shape index (κ1) is 19.2. The van der Waals surface area contributed by atoms with E-state index in [2.05, 4.69) is 15.1 Å². The van der Waals surface area contributed by atoms with Gasteiger partial charge in [0.05, 0.1) is 30.8 Å². The molecule has 1 aliphatic carbocycles. The summed E-state index contributed by atoms with van der Waals surface area (Å²) in [6, 6.07) is 1.53. The number of nitrogens with zero attached hydrogens (tertiary/aromatic N) is 3. The minimum absolute atomic E-state index is 0.0187. The van der Waals surface area contributed by atoms with E-state index in [0.29, 0.717) is 25.3 Å². The molecule has 1 saturated carbocycles. The second kappa shape index (κ2) is 8.41. The first-order chi connectivity index (χ1) is 12.6. The van der Waals surface area contributed by atoms with Crippen molar-refractivity contribution in [2.75, 3.05) is 13.2 Å². The van der Waals surface area contributed by atoms with Gasteiger partial charge < -0.3 is 14.7 Å². The maximum atomic E-state index is 13.1. The van der Waals surface area contributed by atoms with Gasteiger partial charge in [0.1, 0.15) is 5.69 Å². The topological polar surface area (TPSA) is 93.9 Å². The predicted octanol–water partition coefficient (Wildman–Crippen LogP) is 3.49. The molecule has 1 aromatic rings. The highest BCUT2D eigenvalue weighted by molar-refractivity contribution is 6.28. The third-order valence-corrected chi connectivity index (χ3v) is 5.36. The fourth-order valence-corrected chi connectivity index (χ4v) is 4.19. The van der Waals surface area contributed by atoms with Gasteiger partial charge in [-0.25, -0.2) is 9.97 Å². The molecule has 1 unspecified atom stereocenters. The van der Waals surface area contributed by atoms with E-state index < -0.39 is 11.7 Å². The molecule has 1 aromatic heterocycles. The van der Waals surface area contributed by atoms with E-state index in [1.807, 2.05) is 6.92 Å². The Kier molecular flexibility index (Phi) is 6.21. The van der Waals surface area contributed by atoms with Gasteiger partial charge in [-0.3, -0.25) is 4.79 Å². The summed E-state index contributed by atoms with van der Waals surface area (Å²) in [5.74, 6) is -1.84. The van der Waals surface area contributed by atoms with Crippen molar-refractivity contribution >= 4 is 23.1 Å². The highest BCUT2D eigenvalue weighted by Gasteiger charge is 2.50. The van der Waals surface area contributed by atoms with Crippen LogP contribution < -0.4 is 0 Å². The van der Waals surface area contributed by atoms with Crippen molar-refractivity contribution in [3.63, 3.8) is 0 Å². The molecule has 1 aliphatic heterocycles. The van der Waals surface area contributed by atoms with Crippen LogP contribution >= 0.6 is 11.6 Å². The second-order valence-electron chi connectivity index (χ2n) is 6.75. The SMILES string of the molecule is CCCC(C(=O)c1ccnc(Cl)n1)/C(=N\O)[C@H]1CCCCC12OCCO2. The van der Waals surface area contributed by atoms with E-state index >= 15 is 0 Å². The van der Waals surface area contributed by atoms with Gasteiger partial charge in [-0.15, -0.1) is 0 Å². The number of hydrogen-bond acceptors (Lipinski definition) is 7. The van der Waals surface area contributed by atoms with Crippen LogP contribution in [0.4, 0.5) is 0 Å². The Labute approximate surface area is 157 Å². The van der Waals surface area contributed by atoms with Gasteiger partial charge >= 0.3 is 0 Å². The van der Waals surface area contributed by atoms with Gasteiger partial charge in [0.15, 0.2) is 11.6 Å². The minimum Gasteiger partial charge on any atom is -0.411 e. The molecule has 2 fully saturated rings. The largest absolute Gasteiger partial charge is 0.411 e. The highest BCUT2D eigenvalue weighted by atomic mass is 35.5. The summed E-state index contributed by atoms with van der Waals surface area (Å²) < 4.78 is 11.9. The normalized spacial score (nSPS) is 23.9. The number of aromatic nitrogens is 2. The van der Waals surface area contributed by atoms with Gasteiger partial charge in [0, 0.05) is 12.6 Å². The summed E-state index contributed by atoms with van der Waals surface area (Å²) in [7, 11) is 0. The number of oxime groups is 1. The van der Waals surface area contributed by atoms with Crippen LogP contribution in [0.3, 0.4) is 0 Å². The number of ketones is 1. The molecule has 3 rings (SSSR count). The van der Waals surface area contributed by atoms with E-state index in [1.54, 1.807) is 0 Å². The van der Waals surface area contributed by atoms with Crippen LogP contribution in [0.1, 0.15) is 55.9 Å². The van der Waals surface area contributed by atoms with E-state index in [-0.39, 0.29) is 22.7 Å². The maximum absolute atomic E-state index is 13.1. The van der Waals surface area contributed by atoms with Gasteiger partial charge in [0.2, 0.25) is 5.28 Å². The molecule has 8 heteroatoms. The lowest BCUT2D eigenvalue weighted by Gasteiger charge is -2.40. The fourth-order valence-electron chi connectivity index (χ4n) is 4.04. The van der Waals surface area contributed by atoms with Gasteiger partial charge in [-0.2, -0.15) is 0 Å². The quantitative estimate of drug-likeness (QED) is 0.266. The van der Waals surface area contributed by atoms with E-state index in [1.165, 1.54) is 12.3 Å². The lowest BCUT2D eigenvalue weighted by Crippen LogP contribution is -2.48. The van der Waals surface area contributed by atoms with E-state index in [9.17, 15) is 10.0 Å². The Morgan fingerprint density at radius 3 is 2.88 bits per heavy atom. The number of carbonyl (C=O) groups excluding carboxylic acids is 1. The Morgan fingerprint density at radius 2 is 2.23 bits per heavy atom. The molecule has 0 bridgehead atoms. The van der Waals surface area contributed by atoms with Crippen LogP contribution in [-0.2, 0) is 9.47 Å². The Morgan fingerprint density at radius 1 is 1.46 bits per heavy atom. The summed E-state index contributed by atoms with van der Waals surface area (Å²) in [6.07, 6.45) is 6.23. The zero-order valence-electron chi connectivity index (χ0n) is 14.9. The summed E-state index contributed by atoms with van der Waals surface area (Å²) in [4.78, 5) is 21.0. The Balaban J connectivity index is 1.93. The molecule has 2 aliphatic rings. The predicted molar refractivity (Wildman–Crippen MR) is 95.6 cm³/mol. The average Bonchev–Trinajstić information content (AvgIpc) is 3.11. The lowest BCUT2D eigenvalue weighted by molar-refractivity contribution is -0.196. The highest BCUT2D eigenvalue weighted by Crippen LogP contribution is 2.43. The number of ether oxygens (including phenoxy) is 2. The lowest BCUT2D eigenvalue weighted by atomic mass is 9.74. The summed E-state index contributed by atoms with van der Waals surface area (Å²) >= 11 is 5.84. The van der Waals surface area contributed by atoms with Crippen LogP contribution in [0.5, 0.6) is 0 Å². The van der Waals surface area contributed by atoms with Crippen molar-refractivity contribution in [3.05, 3.63) is 23.2 Å². The van der Waals surface area contributed by atoms with Crippen LogP contribution in [0.15, 0.2) is 17.4 Å². The standard InChI is InChI=1S/C18H24ClN3O4/c1-2-5-12(16(23)14-7-9-20-17(19)21-14)15(22-24)13-6-3-4-8-18(13)25-10-11-26-18/h7,9,12-13,24H,2-6,8,10-11H2,1H3/b22-15+/t12?,13-/m1/s1. The van der Waals surface area contributed by atoms with Crippen molar-refractivity contribution in [1.82, 2.24) is 9.97 Å². The molecule has 2 atom stereocenters.